The Labute approximate surface area is 107 Å². The molecule has 18 heavy (non-hydrogen) atoms. The van der Waals surface area contributed by atoms with Crippen molar-refractivity contribution in [3.8, 4) is 0 Å². The van der Waals surface area contributed by atoms with E-state index in [0.717, 1.165) is 0 Å². The average molecular weight is 260 g/mol. The SMILES string of the molecule is OC1CCC(C(O)C2CCC(O)CC2O)C(O)C1. The summed E-state index contributed by atoms with van der Waals surface area (Å²) in [5, 5.41) is 49.1. The topological polar surface area (TPSA) is 101 Å². The molecule has 0 radical (unpaired) electrons. The van der Waals surface area contributed by atoms with Crippen LogP contribution in [0.4, 0.5) is 0 Å². The Hall–Kier alpha value is -0.200. The predicted octanol–water partition coefficient (Wildman–Crippen LogP) is -0.609. The van der Waals surface area contributed by atoms with Gasteiger partial charge in [0.15, 0.2) is 0 Å². The normalized spacial score (nSPS) is 47.8. The number of aliphatic hydroxyl groups is 5. The van der Waals surface area contributed by atoms with E-state index in [2.05, 4.69) is 0 Å². The Balaban J connectivity index is 1.96. The van der Waals surface area contributed by atoms with E-state index in [1.807, 2.05) is 0 Å². The summed E-state index contributed by atoms with van der Waals surface area (Å²) in [4.78, 5) is 0. The third-order valence-corrected chi connectivity index (χ3v) is 4.56. The molecule has 6 atom stereocenters. The molecule has 0 aliphatic heterocycles. The van der Waals surface area contributed by atoms with Crippen molar-refractivity contribution in [2.75, 3.05) is 0 Å². The van der Waals surface area contributed by atoms with Gasteiger partial charge >= 0.3 is 0 Å². The molecule has 2 aliphatic carbocycles. The van der Waals surface area contributed by atoms with Crippen LogP contribution in [0.2, 0.25) is 0 Å². The quantitative estimate of drug-likeness (QED) is 0.456. The summed E-state index contributed by atoms with van der Waals surface area (Å²) >= 11 is 0. The van der Waals surface area contributed by atoms with Crippen LogP contribution in [0.1, 0.15) is 38.5 Å². The number of hydrogen-bond donors (Lipinski definition) is 5. The molecule has 106 valence electrons. The lowest BCUT2D eigenvalue weighted by molar-refractivity contribution is -0.107. The predicted molar refractivity (Wildman–Crippen MR) is 64.7 cm³/mol. The molecule has 0 saturated heterocycles. The first-order valence-corrected chi connectivity index (χ1v) is 6.89. The van der Waals surface area contributed by atoms with Crippen molar-refractivity contribution in [1.29, 1.82) is 0 Å². The van der Waals surface area contributed by atoms with E-state index in [0.29, 0.717) is 38.5 Å². The molecule has 0 bridgehead atoms. The fourth-order valence-electron chi connectivity index (χ4n) is 3.41. The van der Waals surface area contributed by atoms with Crippen LogP contribution in [0.25, 0.3) is 0 Å². The van der Waals surface area contributed by atoms with Gasteiger partial charge in [-0.05, 0) is 38.5 Å². The van der Waals surface area contributed by atoms with Gasteiger partial charge in [-0.2, -0.15) is 0 Å². The van der Waals surface area contributed by atoms with E-state index in [4.69, 9.17) is 0 Å². The summed E-state index contributed by atoms with van der Waals surface area (Å²) in [7, 11) is 0. The molecule has 0 spiro atoms. The maximum Gasteiger partial charge on any atom is 0.0645 e. The lowest BCUT2D eigenvalue weighted by Crippen LogP contribution is -2.47. The molecule has 2 rings (SSSR count). The average Bonchev–Trinajstić information content (AvgIpc) is 2.28. The second-order valence-corrected chi connectivity index (χ2v) is 5.89. The van der Waals surface area contributed by atoms with Crippen molar-refractivity contribution in [1.82, 2.24) is 0 Å². The molecule has 6 unspecified atom stereocenters. The highest BCUT2D eigenvalue weighted by molar-refractivity contribution is 4.91. The Morgan fingerprint density at radius 1 is 0.667 bits per heavy atom. The maximum atomic E-state index is 10.3. The molecule has 0 amide bonds. The fraction of sp³-hybridized carbons (Fsp3) is 1.00. The molecule has 2 saturated carbocycles. The molecule has 0 heterocycles. The summed E-state index contributed by atoms with van der Waals surface area (Å²) in [5.74, 6) is -0.549. The van der Waals surface area contributed by atoms with Gasteiger partial charge in [0.2, 0.25) is 0 Å². The van der Waals surface area contributed by atoms with E-state index in [1.54, 1.807) is 0 Å². The van der Waals surface area contributed by atoms with Crippen LogP contribution in [-0.2, 0) is 0 Å². The third-order valence-electron chi connectivity index (χ3n) is 4.56. The molecule has 5 N–H and O–H groups in total. The first-order chi connectivity index (χ1) is 8.49. The number of rotatable bonds is 2. The monoisotopic (exact) mass is 260 g/mol. The molecule has 5 nitrogen and oxygen atoms in total. The zero-order chi connectivity index (χ0) is 13.3. The van der Waals surface area contributed by atoms with Crippen LogP contribution < -0.4 is 0 Å². The summed E-state index contributed by atoms with van der Waals surface area (Å²) in [6.45, 7) is 0. The second-order valence-electron chi connectivity index (χ2n) is 5.89. The van der Waals surface area contributed by atoms with E-state index in [9.17, 15) is 25.5 Å². The van der Waals surface area contributed by atoms with Gasteiger partial charge in [-0.25, -0.2) is 0 Å². The Bertz CT molecular complexity index is 246. The smallest absolute Gasteiger partial charge is 0.0645 e. The van der Waals surface area contributed by atoms with Crippen molar-refractivity contribution >= 4 is 0 Å². The van der Waals surface area contributed by atoms with Crippen LogP contribution in [0.15, 0.2) is 0 Å². The molecule has 2 aliphatic rings. The summed E-state index contributed by atoms with van der Waals surface area (Å²) in [6, 6.07) is 0. The van der Waals surface area contributed by atoms with Gasteiger partial charge in [-0.1, -0.05) is 0 Å². The van der Waals surface area contributed by atoms with E-state index >= 15 is 0 Å². The van der Waals surface area contributed by atoms with Gasteiger partial charge in [-0.15, -0.1) is 0 Å². The summed E-state index contributed by atoms with van der Waals surface area (Å²) < 4.78 is 0. The van der Waals surface area contributed by atoms with E-state index < -0.39 is 30.5 Å². The molecular weight excluding hydrogens is 236 g/mol. The van der Waals surface area contributed by atoms with E-state index in [-0.39, 0.29) is 11.8 Å². The maximum absolute atomic E-state index is 10.3. The highest BCUT2D eigenvalue weighted by Crippen LogP contribution is 2.36. The van der Waals surface area contributed by atoms with Crippen LogP contribution in [-0.4, -0.2) is 56.1 Å². The molecule has 5 heteroatoms. The van der Waals surface area contributed by atoms with Crippen molar-refractivity contribution in [2.45, 2.75) is 69.0 Å². The van der Waals surface area contributed by atoms with E-state index in [1.165, 1.54) is 0 Å². The van der Waals surface area contributed by atoms with Crippen LogP contribution in [0.3, 0.4) is 0 Å². The summed E-state index contributed by atoms with van der Waals surface area (Å²) in [6.07, 6.45) is -0.206. The first kappa shape index (κ1) is 14.2. The van der Waals surface area contributed by atoms with Gasteiger partial charge in [0.1, 0.15) is 0 Å². The minimum absolute atomic E-state index is 0.275. The Morgan fingerprint density at radius 2 is 1.06 bits per heavy atom. The van der Waals surface area contributed by atoms with Gasteiger partial charge < -0.3 is 25.5 Å². The van der Waals surface area contributed by atoms with Crippen LogP contribution >= 0.6 is 0 Å². The molecular formula is C13H24O5. The highest BCUT2D eigenvalue weighted by Gasteiger charge is 2.41. The van der Waals surface area contributed by atoms with Crippen molar-refractivity contribution < 1.29 is 25.5 Å². The lowest BCUT2D eigenvalue weighted by atomic mass is 9.72. The van der Waals surface area contributed by atoms with Crippen molar-refractivity contribution in [2.24, 2.45) is 11.8 Å². The summed E-state index contributed by atoms with van der Waals surface area (Å²) in [5.41, 5.74) is 0. The van der Waals surface area contributed by atoms with Gasteiger partial charge in [0, 0.05) is 11.8 Å². The molecule has 0 aromatic heterocycles. The standard InChI is InChI=1S/C13H24O5/c14-7-1-3-9(11(16)5-7)13(18)10-4-2-8(15)6-12(10)17/h7-18H,1-6H2. The minimum atomic E-state index is -0.755. The molecule has 0 aromatic rings. The van der Waals surface area contributed by atoms with Gasteiger partial charge in [0.25, 0.3) is 0 Å². The number of aliphatic hydroxyl groups excluding tert-OH is 5. The van der Waals surface area contributed by atoms with Crippen LogP contribution in [0, 0.1) is 11.8 Å². The van der Waals surface area contributed by atoms with Crippen molar-refractivity contribution in [3.63, 3.8) is 0 Å². The second kappa shape index (κ2) is 5.84. The Kier molecular flexibility index (Phi) is 4.61. The Morgan fingerprint density at radius 3 is 1.39 bits per heavy atom. The fourth-order valence-corrected chi connectivity index (χ4v) is 3.41. The van der Waals surface area contributed by atoms with Gasteiger partial charge in [0.05, 0.1) is 30.5 Å². The lowest BCUT2D eigenvalue weighted by Gasteiger charge is -2.41. The molecule has 0 aromatic carbocycles. The first-order valence-electron chi connectivity index (χ1n) is 6.89. The minimum Gasteiger partial charge on any atom is -0.393 e. The molecule has 2 fully saturated rings. The third kappa shape index (κ3) is 3.03. The largest absolute Gasteiger partial charge is 0.393 e. The van der Waals surface area contributed by atoms with Crippen molar-refractivity contribution in [3.05, 3.63) is 0 Å². The zero-order valence-electron chi connectivity index (χ0n) is 10.5. The zero-order valence-corrected chi connectivity index (χ0v) is 10.5. The van der Waals surface area contributed by atoms with Crippen LogP contribution in [0.5, 0.6) is 0 Å². The highest BCUT2D eigenvalue weighted by atomic mass is 16.3. The number of hydrogen-bond acceptors (Lipinski definition) is 5. The van der Waals surface area contributed by atoms with Gasteiger partial charge in [-0.3, -0.25) is 0 Å².